The molecule has 3 aromatic rings. The smallest absolute Gasteiger partial charge is 0.261 e. The Hall–Kier alpha value is -3.85. The Bertz CT molecular complexity index is 1190. The number of carbonyl (C=O) groups excluding carboxylic acids is 4. The molecule has 162 valence electrons. The van der Waals surface area contributed by atoms with E-state index < -0.39 is 5.91 Å². The van der Waals surface area contributed by atoms with Crippen LogP contribution in [-0.4, -0.2) is 40.1 Å². The van der Waals surface area contributed by atoms with E-state index in [2.05, 4.69) is 15.6 Å². The van der Waals surface area contributed by atoms with Crippen LogP contribution in [-0.2, 0) is 0 Å². The van der Waals surface area contributed by atoms with Gasteiger partial charge in [-0.15, -0.1) is 11.3 Å². The van der Waals surface area contributed by atoms with Gasteiger partial charge in [0, 0.05) is 34.9 Å². The number of hydrogen-bond acceptors (Lipinski definition) is 6. The molecule has 0 atom stereocenters. The van der Waals surface area contributed by atoms with Crippen LogP contribution >= 0.6 is 11.3 Å². The zero-order chi connectivity index (χ0) is 22.7. The van der Waals surface area contributed by atoms with Gasteiger partial charge in [0.15, 0.2) is 5.13 Å². The molecule has 0 spiro atoms. The van der Waals surface area contributed by atoms with Gasteiger partial charge in [0.25, 0.3) is 23.6 Å². The van der Waals surface area contributed by atoms with E-state index in [-0.39, 0.29) is 28.8 Å². The zero-order valence-corrected chi connectivity index (χ0v) is 18.1. The number of anilines is 2. The first-order chi connectivity index (χ1) is 15.5. The number of amides is 4. The topological polar surface area (TPSA) is 108 Å². The van der Waals surface area contributed by atoms with Crippen LogP contribution in [0.25, 0.3) is 0 Å². The summed E-state index contributed by atoms with van der Waals surface area (Å²) >= 11 is 1.32. The van der Waals surface area contributed by atoms with Crippen LogP contribution in [0.4, 0.5) is 10.8 Å². The highest BCUT2D eigenvalue weighted by Gasteiger charge is 2.35. The number of nitrogens with zero attached hydrogens (tertiary/aromatic N) is 2. The molecule has 0 bridgehead atoms. The van der Waals surface area contributed by atoms with Crippen molar-refractivity contribution < 1.29 is 19.2 Å². The second-order valence-electron chi connectivity index (χ2n) is 7.20. The van der Waals surface area contributed by atoms with Crippen LogP contribution in [0.2, 0.25) is 0 Å². The summed E-state index contributed by atoms with van der Waals surface area (Å²) in [5.41, 5.74) is 1.75. The molecule has 0 fully saturated rings. The van der Waals surface area contributed by atoms with Gasteiger partial charge in [0.1, 0.15) is 0 Å². The molecular formula is C23H20N4O4S. The highest BCUT2D eigenvalue weighted by molar-refractivity contribution is 7.13. The summed E-state index contributed by atoms with van der Waals surface area (Å²) in [6, 6.07) is 10.9. The molecular weight excluding hydrogens is 428 g/mol. The van der Waals surface area contributed by atoms with Crippen molar-refractivity contribution in [1.29, 1.82) is 0 Å². The van der Waals surface area contributed by atoms with E-state index in [0.717, 1.165) is 12.8 Å². The molecule has 4 amide bonds. The van der Waals surface area contributed by atoms with Gasteiger partial charge >= 0.3 is 0 Å². The minimum Gasteiger partial charge on any atom is -0.322 e. The van der Waals surface area contributed by atoms with Crippen molar-refractivity contribution >= 4 is 45.8 Å². The molecule has 9 heteroatoms. The first kappa shape index (κ1) is 21.4. The van der Waals surface area contributed by atoms with Crippen molar-refractivity contribution in [3.05, 3.63) is 76.3 Å². The van der Waals surface area contributed by atoms with E-state index in [0.29, 0.717) is 28.5 Å². The predicted molar refractivity (Wildman–Crippen MR) is 121 cm³/mol. The van der Waals surface area contributed by atoms with Crippen molar-refractivity contribution in [2.45, 2.75) is 19.8 Å². The second-order valence-corrected chi connectivity index (χ2v) is 8.09. The number of thiazole rings is 1. The Kier molecular flexibility index (Phi) is 6.09. The Morgan fingerprint density at radius 1 is 0.938 bits per heavy atom. The molecule has 8 nitrogen and oxygen atoms in total. The maximum Gasteiger partial charge on any atom is 0.261 e. The van der Waals surface area contributed by atoms with Gasteiger partial charge in [0.05, 0.1) is 11.1 Å². The molecule has 0 saturated carbocycles. The van der Waals surface area contributed by atoms with E-state index >= 15 is 0 Å². The Morgan fingerprint density at radius 3 is 2.31 bits per heavy atom. The number of benzene rings is 2. The summed E-state index contributed by atoms with van der Waals surface area (Å²) in [5.74, 6) is -1.41. The lowest BCUT2D eigenvalue weighted by Crippen LogP contribution is -2.30. The highest BCUT2D eigenvalue weighted by Crippen LogP contribution is 2.25. The van der Waals surface area contributed by atoms with Crippen LogP contribution in [0.5, 0.6) is 0 Å². The molecule has 4 rings (SSSR count). The first-order valence-electron chi connectivity index (χ1n) is 10.1. The van der Waals surface area contributed by atoms with Gasteiger partial charge in [-0.25, -0.2) is 4.98 Å². The van der Waals surface area contributed by atoms with Gasteiger partial charge in [-0.05, 0) is 48.9 Å². The van der Waals surface area contributed by atoms with E-state index in [9.17, 15) is 19.2 Å². The quantitative estimate of drug-likeness (QED) is 0.530. The number of fused-ring (bicyclic) bond motifs is 1. The average Bonchev–Trinajstić information content (AvgIpc) is 3.39. The summed E-state index contributed by atoms with van der Waals surface area (Å²) < 4.78 is 0. The number of imide groups is 1. The number of unbranched alkanes of at least 4 members (excludes halogenated alkanes) is 1. The monoisotopic (exact) mass is 448 g/mol. The average molecular weight is 449 g/mol. The van der Waals surface area contributed by atoms with E-state index in [1.165, 1.54) is 34.4 Å². The number of carbonyl (C=O) groups is 4. The summed E-state index contributed by atoms with van der Waals surface area (Å²) in [5, 5.41) is 7.70. The molecule has 2 aromatic carbocycles. The maximum atomic E-state index is 12.7. The van der Waals surface area contributed by atoms with Crippen molar-refractivity contribution in [3.8, 4) is 0 Å². The maximum absolute atomic E-state index is 12.7. The van der Waals surface area contributed by atoms with Gasteiger partial charge in [0.2, 0.25) is 0 Å². The van der Waals surface area contributed by atoms with Gasteiger partial charge in [-0.3, -0.25) is 29.4 Å². The zero-order valence-electron chi connectivity index (χ0n) is 17.3. The molecule has 1 aliphatic heterocycles. The van der Waals surface area contributed by atoms with Gasteiger partial charge in [-0.1, -0.05) is 13.3 Å². The summed E-state index contributed by atoms with van der Waals surface area (Å²) in [4.78, 5) is 55.2. The standard InChI is InChI=1S/C23H20N4O4S/c1-2-3-11-27-21(30)17-9-6-15(13-18(17)22(27)31)20(29)25-16-7-4-14(5-8-16)19(28)26-23-24-10-12-32-23/h4-10,12-13H,2-3,11H2,1H3,(H,25,29)(H,24,26,28). The summed E-state index contributed by atoms with van der Waals surface area (Å²) in [7, 11) is 0. The lowest BCUT2D eigenvalue weighted by molar-refractivity contribution is 0.0652. The predicted octanol–water partition coefficient (Wildman–Crippen LogP) is 4.04. The molecule has 2 heterocycles. The van der Waals surface area contributed by atoms with Crippen molar-refractivity contribution in [3.63, 3.8) is 0 Å². The SMILES string of the molecule is CCCCN1C(=O)c2ccc(C(=O)Nc3ccc(C(=O)Nc4nccs4)cc3)cc2C1=O. The third-order valence-electron chi connectivity index (χ3n) is 5.03. The highest BCUT2D eigenvalue weighted by atomic mass is 32.1. The molecule has 1 aromatic heterocycles. The fourth-order valence-electron chi connectivity index (χ4n) is 3.31. The lowest BCUT2D eigenvalue weighted by atomic mass is 10.1. The number of aromatic nitrogens is 1. The molecule has 0 aliphatic carbocycles. The van der Waals surface area contributed by atoms with Gasteiger partial charge in [-0.2, -0.15) is 0 Å². The molecule has 2 N–H and O–H groups in total. The van der Waals surface area contributed by atoms with Crippen LogP contribution in [0.1, 0.15) is 61.2 Å². The minimum absolute atomic E-state index is 0.243. The number of rotatable bonds is 7. The lowest BCUT2D eigenvalue weighted by Gasteiger charge is -2.12. The Morgan fingerprint density at radius 2 is 1.62 bits per heavy atom. The molecule has 32 heavy (non-hydrogen) atoms. The van der Waals surface area contributed by atoms with Crippen LogP contribution in [0.15, 0.2) is 54.0 Å². The third kappa shape index (κ3) is 4.28. The molecule has 0 unspecified atom stereocenters. The minimum atomic E-state index is -0.417. The molecule has 0 saturated heterocycles. The normalized spacial score (nSPS) is 12.6. The second kappa shape index (κ2) is 9.11. The Balaban J connectivity index is 1.44. The van der Waals surface area contributed by atoms with Crippen LogP contribution in [0.3, 0.4) is 0 Å². The Labute approximate surface area is 188 Å². The molecule has 0 radical (unpaired) electrons. The number of hydrogen-bond donors (Lipinski definition) is 2. The van der Waals surface area contributed by atoms with E-state index in [4.69, 9.17) is 0 Å². The summed E-state index contributed by atoms with van der Waals surface area (Å²) in [6.07, 6.45) is 3.20. The van der Waals surface area contributed by atoms with Crippen molar-refractivity contribution in [1.82, 2.24) is 9.88 Å². The number of nitrogens with one attached hydrogen (secondary N) is 2. The van der Waals surface area contributed by atoms with Gasteiger partial charge < -0.3 is 5.32 Å². The largest absolute Gasteiger partial charge is 0.322 e. The summed E-state index contributed by atoms with van der Waals surface area (Å²) in [6.45, 7) is 2.35. The van der Waals surface area contributed by atoms with Crippen molar-refractivity contribution in [2.24, 2.45) is 0 Å². The third-order valence-corrected chi connectivity index (χ3v) is 5.71. The van der Waals surface area contributed by atoms with Crippen LogP contribution in [0, 0.1) is 0 Å². The first-order valence-corrected chi connectivity index (χ1v) is 11.0. The fraction of sp³-hybridized carbons (Fsp3) is 0.174. The fourth-order valence-corrected chi connectivity index (χ4v) is 3.84. The van der Waals surface area contributed by atoms with Crippen molar-refractivity contribution in [2.75, 3.05) is 17.2 Å². The molecule has 1 aliphatic rings. The van der Waals surface area contributed by atoms with E-state index in [1.807, 2.05) is 6.92 Å². The van der Waals surface area contributed by atoms with Crippen LogP contribution < -0.4 is 10.6 Å². The van der Waals surface area contributed by atoms with E-state index in [1.54, 1.807) is 35.8 Å².